The monoisotopic (exact) mass is 493 g/mol. The normalized spacial score (nSPS) is 42.8. The predicted molar refractivity (Wildman–Crippen MR) is 147 cm³/mol. The molecule has 5 fully saturated rings. The predicted octanol–water partition coefficient (Wildman–Crippen LogP) is 7.13. The molecule has 10 unspecified atom stereocenters. The molecule has 6 aliphatic heterocycles. The van der Waals surface area contributed by atoms with Gasteiger partial charge in [0.1, 0.15) is 0 Å². The zero-order valence-electron chi connectivity index (χ0n) is 20.8. The molecule has 12 rings (SSSR count). The summed E-state index contributed by atoms with van der Waals surface area (Å²) in [5.74, 6) is 5.94. The second kappa shape index (κ2) is 7.85. The molecule has 4 aliphatic carbocycles. The molecule has 10 aliphatic rings. The Hall–Kier alpha value is -1.81. The van der Waals surface area contributed by atoms with E-state index in [9.17, 15) is 0 Å². The van der Waals surface area contributed by atoms with Crippen LogP contribution in [0.4, 0.5) is 0 Å². The van der Waals surface area contributed by atoms with Gasteiger partial charge in [0, 0.05) is 35.4 Å². The van der Waals surface area contributed by atoms with Crippen molar-refractivity contribution in [1.82, 2.24) is 5.32 Å². The summed E-state index contributed by atoms with van der Waals surface area (Å²) in [4.78, 5) is 0. The molecular weight excluding hydrogens is 458 g/mol. The maximum atomic E-state index is 6.29. The molecule has 2 aromatic rings. The molecule has 1 N–H and O–H groups in total. The van der Waals surface area contributed by atoms with Gasteiger partial charge < -0.3 is 10.1 Å². The molecule has 184 valence electrons. The lowest BCUT2D eigenvalue weighted by atomic mass is 9.60. The summed E-state index contributed by atoms with van der Waals surface area (Å²) in [5, 5.41) is 4.42. The van der Waals surface area contributed by atoms with Crippen LogP contribution in [0.3, 0.4) is 0 Å². The van der Waals surface area contributed by atoms with Gasteiger partial charge in [-0.1, -0.05) is 60.7 Å². The zero-order valence-corrected chi connectivity index (χ0v) is 21.6. The fraction of sp³-hybridized carbons (Fsp3) is 0.515. The summed E-state index contributed by atoms with van der Waals surface area (Å²) >= 11 is 2.23. The Morgan fingerprint density at radius 2 is 1.61 bits per heavy atom. The molecule has 0 amide bonds. The molecule has 1 saturated carbocycles. The van der Waals surface area contributed by atoms with Gasteiger partial charge in [0.15, 0.2) is 0 Å². The molecule has 2 nitrogen and oxygen atoms in total. The molecule has 10 atom stereocenters. The Labute approximate surface area is 219 Å². The summed E-state index contributed by atoms with van der Waals surface area (Å²) in [6.45, 7) is 2.12. The maximum Gasteiger partial charge on any atom is 0.0649 e. The third-order valence-electron chi connectivity index (χ3n) is 11.1. The van der Waals surface area contributed by atoms with Crippen molar-refractivity contribution in [2.45, 2.75) is 66.8 Å². The molecular formula is C33H35NOS. The van der Waals surface area contributed by atoms with Crippen LogP contribution in [0.25, 0.3) is 0 Å². The number of nitrogens with one attached hydrogen (secondary N) is 1. The van der Waals surface area contributed by atoms with E-state index in [-0.39, 0.29) is 0 Å². The van der Waals surface area contributed by atoms with E-state index < -0.39 is 0 Å². The van der Waals surface area contributed by atoms with E-state index in [0.717, 1.165) is 12.5 Å². The maximum absolute atomic E-state index is 6.29. The number of piperidine rings is 1. The zero-order chi connectivity index (χ0) is 23.4. The highest BCUT2D eigenvalue weighted by Crippen LogP contribution is 2.60. The van der Waals surface area contributed by atoms with Crippen molar-refractivity contribution >= 4 is 11.8 Å². The van der Waals surface area contributed by atoms with Crippen LogP contribution >= 0.6 is 11.8 Å². The van der Waals surface area contributed by atoms with Gasteiger partial charge in [-0.2, -0.15) is 11.8 Å². The van der Waals surface area contributed by atoms with Gasteiger partial charge in [0.25, 0.3) is 0 Å². The van der Waals surface area contributed by atoms with Crippen LogP contribution in [0.15, 0.2) is 60.7 Å². The minimum Gasteiger partial charge on any atom is -0.377 e. The highest BCUT2D eigenvalue weighted by atomic mass is 32.2. The number of allylic oxidation sites excluding steroid dienone is 3. The molecule has 6 bridgehead atoms. The molecule has 4 saturated heterocycles. The quantitative estimate of drug-likeness (QED) is 0.481. The second-order valence-electron chi connectivity index (χ2n) is 12.6. The van der Waals surface area contributed by atoms with Gasteiger partial charge in [0.2, 0.25) is 0 Å². The Bertz CT molecular complexity index is 1290. The van der Waals surface area contributed by atoms with Gasteiger partial charge in [-0.25, -0.2) is 0 Å². The van der Waals surface area contributed by atoms with Crippen LogP contribution in [0.2, 0.25) is 0 Å². The summed E-state index contributed by atoms with van der Waals surface area (Å²) in [7, 11) is 0. The van der Waals surface area contributed by atoms with Crippen LogP contribution < -0.4 is 5.32 Å². The summed E-state index contributed by atoms with van der Waals surface area (Å²) < 4.78 is 6.29. The molecule has 6 heterocycles. The van der Waals surface area contributed by atoms with Gasteiger partial charge in [-0.05, 0) is 88.7 Å². The van der Waals surface area contributed by atoms with E-state index in [1.54, 1.807) is 33.4 Å². The van der Waals surface area contributed by atoms with Crippen molar-refractivity contribution in [3.8, 4) is 0 Å². The van der Waals surface area contributed by atoms with Crippen molar-refractivity contribution in [1.29, 1.82) is 0 Å². The average molecular weight is 494 g/mol. The van der Waals surface area contributed by atoms with Crippen molar-refractivity contribution in [2.75, 3.05) is 18.9 Å². The molecule has 0 aromatic heterocycles. The van der Waals surface area contributed by atoms with E-state index in [4.69, 9.17) is 4.74 Å². The highest BCUT2D eigenvalue weighted by Gasteiger charge is 2.49. The minimum atomic E-state index is 0.396. The number of thioether (sulfide) groups is 1. The van der Waals surface area contributed by atoms with Crippen LogP contribution in [0, 0.1) is 17.8 Å². The molecule has 0 spiro atoms. The van der Waals surface area contributed by atoms with Crippen molar-refractivity contribution in [2.24, 2.45) is 17.8 Å². The van der Waals surface area contributed by atoms with Crippen LogP contribution in [0.1, 0.15) is 94.0 Å². The van der Waals surface area contributed by atoms with Crippen molar-refractivity contribution in [3.63, 3.8) is 0 Å². The molecule has 3 heteroatoms. The number of hydrogen-bond donors (Lipinski definition) is 1. The van der Waals surface area contributed by atoms with Crippen molar-refractivity contribution < 1.29 is 4.74 Å². The minimum absolute atomic E-state index is 0.396. The smallest absolute Gasteiger partial charge is 0.0649 e. The second-order valence-corrected chi connectivity index (χ2v) is 13.8. The first-order valence-corrected chi connectivity index (χ1v) is 15.5. The number of ether oxygens (including phenoxy) is 1. The van der Waals surface area contributed by atoms with Crippen LogP contribution in [-0.4, -0.2) is 25.0 Å². The number of fused-ring (bicyclic) bond motifs is 6. The number of rotatable bonds is 2. The largest absolute Gasteiger partial charge is 0.377 e. The Kier molecular flexibility index (Phi) is 4.61. The van der Waals surface area contributed by atoms with E-state index >= 15 is 0 Å². The lowest BCUT2D eigenvalue weighted by Gasteiger charge is -2.52. The molecule has 36 heavy (non-hydrogen) atoms. The van der Waals surface area contributed by atoms with E-state index in [2.05, 4.69) is 77.8 Å². The third kappa shape index (κ3) is 2.94. The lowest BCUT2D eigenvalue weighted by Crippen LogP contribution is -2.50. The topological polar surface area (TPSA) is 21.3 Å². The number of benzene rings is 2. The highest BCUT2D eigenvalue weighted by molar-refractivity contribution is 7.99. The van der Waals surface area contributed by atoms with Crippen LogP contribution in [0.5, 0.6) is 0 Å². The van der Waals surface area contributed by atoms with Gasteiger partial charge >= 0.3 is 0 Å². The Morgan fingerprint density at radius 1 is 0.778 bits per heavy atom. The SMILES string of the molecule is C1=CC2C3CC(c4ccc5c(c4)C4CSC5C(c5ccc6c(c5)C5CCC6CN5)C4)C(CO3)C2C=C1. The van der Waals surface area contributed by atoms with E-state index in [1.807, 2.05) is 0 Å². The van der Waals surface area contributed by atoms with Gasteiger partial charge in [-0.3, -0.25) is 0 Å². The Morgan fingerprint density at radius 3 is 2.50 bits per heavy atom. The fourth-order valence-electron chi connectivity index (χ4n) is 9.31. The average Bonchev–Trinajstić information content (AvgIpc) is 2.98. The van der Waals surface area contributed by atoms with Crippen LogP contribution in [-0.2, 0) is 4.74 Å². The first kappa shape index (κ1) is 21.2. The third-order valence-corrected chi connectivity index (χ3v) is 12.6. The number of hydrogen-bond acceptors (Lipinski definition) is 3. The fourth-order valence-corrected chi connectivity index (χ4v) is 11.0. The van der Waals surface area contributed by atoms with Gasteiger partial charge in [-0.15, -0.1) is 0 Å². The van der Waals surface area contributed by atoms with E-state index in [0.29, 0.717) is 52.9 Å². The molecule has 2 aromatic carbocycles. The summed E-state index contributed by atoms with van der Waals surface area (Å²) in [5.41, 5.74) is 9.79. The Balaban J connectivity index is 1.04. The first-order chi connectivity index (χ1) is 17.8. The molecule has 0 radical (unpaired) electrons. The van der Waals surface area contributed by atoms with Gasteiger partial charge in [0.05, 0.1) is 12.7 Å². The first-order valence-electron chi connectivity index (χ1n) is 14.4. The van der Waals surface area contributed by atoms with E-state index in [1.165, 1.54) is 38.0 Å². The summed E-state index contributed by atoms with van der Waals surface area (Å²) in [6, 6.07) is 15.9. The standard InChI is InChI=1S/C33H35NOS/c1-2-4-24-23(3-1)30-16-35-32(24)14-27(30)18-6-9-25-26(11-18)21-13-28(33(25)36-17-21)19-5-8-22-20-7-10-31(34-15-20)29(22)12-19/h1-6,8-9,11-12,20-21,23-24,27-28,30-34H,7,10,13-17H2. The van der Waals surface area contributed by atoms with Crippen molar-refractivity contribution in [3.05, 3.63) is 94.1 Å². The summed E-state index contributed by atoms with van der Waals surface area (Å²) in [6.07, 6.45) is 15.0. The lowest BCUT2D eigenvalue weighted by molar-refractivity contribution is -0.120.